The molecule has 36 heavy (non-hydrogen) atoms. The van der Waals surface area contributed by atoms with Crippen molar-refractivity contribution in [2.45, 2.75) is 118 Å². The molecule has 0 amide bonds. The standard InChI is InChI=1S/C34H53IO/c1-22(2)8-6-9-23(3)28-14-15-29-26-12-13-30-27(21-24-10-7-11-25(35)20-24)32(36)17-19-34(30,5)31(26)16-18-33(28,29)4/h7,10-11,20,22-23,26-32,36H,6,8-9,12-19,21H2,1-5H3/t23-,26+,27+,28-,29+,30+,31+,32+,33-,34+/m1/s1. The molecule has 0 aliphatic heterocycles. The molecule has 0 spiro atoms. The molecule has 1 aromatic carbocycles. The summed E-state index contributed by atoms with van der Waals surface area (Å²) in [5, 5.41) is 11.2. The molecule has 0 unspecified atom stereocenters. The highest BCUT2D eigenvalue weighted by Crippen LogP contribution is 2.69. The molecular weight excluding hydrogens is 551 g/mol. The summed E-state index contributed by atoms with van der Waals surface area (Å²) in [6, 6.07) is 9.03. The van der Waals surface area contributed by atoms with E-state index in [9.17, 15) is 5.11 Å². The third-order valence-corrected chi connectivity index (χ3v) is 13.2. The molecule has 4 aliphatic rings. The van der Waals surface area contributed by atoms with Crippen molar-refractivity contribution in [2.24, 2.45) is 58.2 Å². The number of hydrogen-bond donors (Lipinski definition) is 1. The van der Waals surface area contributed by atoms with Gasteiger partial charge in [0, 0.05) is 3.57 Å². The predicted octanol–water partition coefficient (Wildman–Crippen LogP) is 9.54. The number of fused-ring (bicyclic) bond motifs is 5. The second kappa shape index (κ2) is 10.8. The fraction of sp³-hybridized carbons (Fsp3) is 0.824. The maximum absolute atomic E-state index is 11.2. The second-order valence-corrected chi connectivity index (χ2v) is 15.9. The Labute approximate surface area is 236 Å². The Balaban J connectivity index is 1.31. The third-order valence-electron chi connectivity index (χ3n) is 12.5. The van der Waals surface area contributed by atoms with E-state index in [4.69, 9.17) is 0 Å². The van der Waals surface area contributed by atoms with Crippen LogP contribution in [0.15, 0.2) is 24.3 Å². The monoisotopic (exact) mass is 604 g/mol. The summed E-state index contributed by atoms with van der Waals surface area (Å²) < 4.78 is 1.32. The Morgan fingerprint density at radius 3 is 2.36 bits per heavy atom. The number of halogens is 1. The van der Waals surface area contributed by atoms with Crippen molar-refractivity contribution in [3.05, 3.63) is 33.4 Å². The average molecular weight is 605 g/mol. The van der Waals surface area contributed by atoms with Crippen molar-refractivity contribution < 1.29 is 5.11 Å². The van der Waals surface area contributed by atoms with Gasteiger partial charge in [0.25, 0.3) is 0 Å². The second-order valence-electron chi connectivity index (χ2n) is 14.7. The summed E-state index contributed by atoms with van der Waals surface area (Å²) in [5.74, 6) is 6.59. The molecule has 4 fully saturated rings. The summed E-state index contributed by atoms with van der Waals surface area (Å²) in [5.41, 5.74) is 2.44. The van der Waals surface area contributed by atoms with E-state index in [1.165, 1.54) is 73.3 Å². The molecule has 2 heteroatoms. The molecule has 1 aromatic rings. The van der Waals surface area contributed by atoms with Crippen LogP contribution in [0.5, 0.6) is 0 Å². The van der Waals surface area contributed by atoms with E-state index >= 15 is 0 Å². The number of hydrogen-bond acceptors (Lipinski definition) is 1. The largest absolute Gasteiger partial charge is 0.393 e. The van der Waals surface area contributed by atoms with Gasteiger partial charge in [-0.25, -0.2) is 0 Å². The quantitative estimate of drug-likeness (QED) is 0.308. The van der Waals surface area contributed by atoms with Crippen LogP contribution in [-0.4, -0.2) is 11.2 Å². The van der Waals surface area contributed by atoms with E-state index in [0.717, 1.165) is 48.3 Å². The minimum atomic E-state index is -0.117. The Morgan fingerprint density at radius 2 is 1.61 bits per heavy atom. The van der Waals surface area contributed by atoms with Gasteiger partial charge >= 0.3 is 0 Å². The maximum Gasteiger partial charge on any atom is 0.0574 e. The van der Waals surface area contributed by atoms with E-state index in [-0.39, 0.29) is 6.10 Å². The van der Waals surface area contributed by atoms with Gasteiger partial charge in [-0.1, -0.05) is 66.0 Å². The molecule has 1 N–H and O–H groups in total. The Bertz CT molecular complexity index is 895. The van der Waals surface area contributed by atoms with Crippen molar-refractivity contribution in [1.82, 2.24) is 0 Å². The predicted molar refractivity (Wildman–Crippen MR) is 161 cm³/mol. The van der Waals surface area contributed by atoms with Gasteiger partial charge in [0.05, 0.1) is 6.10 Å². The van der Waals surface area contributed by atoms with Gasteiger partial charge in [0.15, 0.2) is 0 Å². The fourth-order valence-corrected chi connectivity index (χ4v) is 11.3. The first-order chi connectivity index (χ1) is 17.1. The zero-order chi connectivity index (χ0) is 25.7. The van der Waals surface area contributed by atoms with Crippen LogP contribution in [-0.2, 0) is 6.42 Å². The average Bonchev–Trinajstić information content (AvgIpc) is 3.18. The van der Waals surface area contributed by atoms with E-state index in [2.05, 4.69) is 81.5 Å². The molecule has 10 atom stereocenters. The molecule has 0 aromatic heterocycles. The van der Waals surface area contributed by atoms with Crippen LogP contribution in [0.1, 0.15) is 111 Å². The highest BCUT2D eigenvalue weighted by Gasteiger charge is 2.61. The van der Waals surface area contributed by atoms with Crippen molar-refractivity contribution in [2.75, 3.05) is 0 Å². The van der Waals surface area contributed by atoms with Gasteiger partial charge in [-0.3, -0.25) is 0 Å². The zero-order valence-electron chi connectivity index (χ0n) is 23.8. The number of aliphatic hydroxyl groups excluding tert-OH is 1. The van der Waals surface area contributed by atoms with Crippen LogP contribution < -0.4 is 0 Å². The maximum atomic E-state index is 11.2. The molecular formula is C34H53IO. The summed E-state index contributed by atoms with van der Waals surface area (Å²) >= 11 is 2.44. The van der Waals surface area contributed by atoms with Crippen LogP contribution in [0.25, 0.3) is 0 Å². The Morgan fingerprint density at radius 1 is 0.889 bits per heavy atom. The van der Waals surface area contributed by atoms with Crippen molar-refractivity contribution >= 4 is 22.6 Å². The van der Waals surface area contributed by atoms with Gasteiger partial charge in [0.2, 0.25) is 0 Å². The van der Waals surface area contributed by atoms with Crippen LogP contribution in [0.4, 0.5) is 0 Å². The molecule has 0 bridgehead atoms. The van der Waals surface area contributed by atoms with E-state index in [1.807, 2.05) is 0 Å². The topological polar surface area (TPSA) is 20.2 Å². The van der Waals surface area contributed by atoms with Crippen LogP contribution in [0, 0.1) is 61.7 Å². The first-order valence-corrected chi connectivity index (χ1v) is 16.6. The van der Waals surface area contributed by atoms with Crippen molar-refractivity contribution in [3.63, 3.8) is 0 Å². The smallest absolute Gasteiger partial charge is 0.0574 e. The summed E-state index contributed by atoms with van der Waals surface area (Å²) in [7, 11) is 0. The lowest BCUT2D eigenvalue weighted by Crippen LogP contribution is -2.57. The highest BCUT2D eigenvalue weighted by molar-refractivity contribution is 14.1. The molecule has 0 saturated heterocycles. The Kier molecular flexibility index (Phi) is 8.26. The van der Waals surface area contributed by atoms with Gasteiger partial charge < -0.3 is 5.11 Å². The lowest BCUT2D eigenvalue weighted by molar-refractivity contribution is -0.152. The number of aliphatic hydroxyl groups is 1. The summed E-state index contributed by atoms with van der Waals surface area (Å²) in [6.07, 6.45) is 16.1. The summed E-state index contributed by atoms with van der Waals surface area (Å²) in [6.45, 7) is 12.8. The van der Waals surface area contributed by atoms with Gasteiger partial charge in [-0.2, -0.15) is 0 Å². The van der Waals surface area contributed by atoms with Gasteiger partial charge in [-0.15, -0.1) is 0 Å². The first kappa shape index (κ1) is 27.5. The van der Waals surface area contributed by atoms with E-state index in [0.29, 0.717) is 22.7 Å². The third kappa shape index (κ3) is 4.98. The number of benzene rings is 1. The molecule has 0 heterocycles. The van der Waals surface area contributed by atoms with E-state index < -0.39 is 0 Å². The normalized spacial score (nSPS) is 43.1. The van der Waals surface area contributed by atoms with Crippen molar-refractivity contribution in [3.8, 4) is 0 Å². The van der Waals surface area contributed by atoms with Crippen molar-refractivity contribution in [1.29, 1.82) is 0 Å². The fourth-order valence-electron chi connectivity index (χ4n) is 10.7. The minimum absolute atomic E-state index is 0.117. The molecule has 202 valence electrons. The van der Waals surface area contributed by atoms with Crippen LogP contribution >= 0.6 is 22.6 Å². The minimum Gasteiger partial charge on any atom is -0.393 e. The molecule has 5 rings (SSSR count). The lowest BCUT2D eigenvalue weighted by atomic mass is 9.42. The zero-order valence-corrected chi connectivity index (χ0v) is 26.0. The Hall–Kier alpha value is -0.0900. The number of rotatable bonds is 7. The SMILES string of the molecule is CC(C)CCC[C@@H](C)[C@H]1CC[C@H]2[C@@H]3CC[C@H]4[C@H](Cc5cccc(I)c5)[C@@H](O)CC[C@]4(C)[C@H]3CC[C@]12C. The van der Waals surface area contributed by atoms with E-state index in [1.54, 1.807) is 0 Å². The van der Waals surface area contributed by atoms with Gasteiger partial charge in [0.1, 0.15) is 0 Å². The van der Waals surface area contributed by atoms with Gasteiger partial charge in [-0.05, 0) is 156 Å². The molecule has 4 saturated carbocycles. The first-order valence-electron chi connectivity index (χ1n) is 15.6. The highest BCUT2D eigenvalue weighted by atomic mass is 127. The molecule has 4 aliphatic carbocycles. The van der Waals surface area contributed by atoms with Crippen LogP contribution in [0.2, 0.25) is 0 Å². The molecule has 0 radical (unpaired) electrons. The summed E-state index contributed by atoms with van der Waals surface area (Å²) in [4.78, 5) is 0. The lowest BCUT2D eigenvalue weighted by Gasteiger charge is -2.63. The molecule has 1 nitrogen and oxygen atoms in total. The van der Waals surface area contributed by atoms with Crippen LogP contribution in [0.3, 0.4) is 0 Å².